The van der Waals surface area contributed by atoms with Crippen LogP contribution in [-0.2, 0) is 24.9 Å². The van der Waals surface area contributed by atoms with Gasteiger partial charge in [-0.3, -0.25) is 9.36 Å². The first kappa shape index (κ1) is 16.0. The maximum absolute atomic E-state index is 6.26. The van der Waals surface area contributed by atoms with Gasteiger partial charge < -0.3 is 10.1 Å². The molecule has 0 aliphatic rings. The highest BCUT2D eigenvalue weighted by atomic mass is 35.5. The van der Waals surface area contributed by atoms with Gasteiger partial charge in [-0.25, -0.2) is 0 Å². The third-order valence-corrected chi connectivity index (χ3v) is 3.91. The van der Waals surface area contributed by atoms with Gasteiger partial charge in [0.2, 0.25) is 0 Å². The predicted molar refractivity (Wildman–Crippen MR) is 82.6 cm³/mol. The molecule has 0 aromatic carbocycles. The molecule has 0 saturated carbocycles. The van der Waals surface area contributed by atoms with Crippen LogP contribution in [0.15, 0.2) is 6.20 Å². The highest BCUT2D eigenvalue weighted by Gasteiger charge is 2.13. The SMILES string of the molecule is COCCNCc1cn(Cc2c(C)nn(C)c2Cl)nc1C. The summed E-state index contributed by atoms with van der Waals surface area (Å²) in [7, 11) is 3.54. The van der Waals surface area contributed by atoms with Crippen molar-refractivity contribution < 1.29 is 4.74 Å². The van der Waals surface area contributed by atoms with Crippen LogP contribution in [0, 0.1) is 13.8 Å². The normalized spacial score (nSPS) is 11.3. The summed E-state index contributed by atoms with van der Waals surface area (Å²) >= 11 is 6.26. The Kier molecular flexibility index (Phi) is 5.39. The van der Waals surface area contributed by atoms with E-state index in [4.69, 9.17) is 16.3 Å². The van der Waals surface area contributed by atoms with E-state index in [1.807, 2.05) is 25.6 Å². The van der Waals surface area contributed by atoms with Crippen molar-refractivity contribution in [3.05, 3.63) is 33.9 Å². The second-order valence-corrected chi connectivity index (χ2v) is 5.44. The molecule has 2 aromatic rings. The topological polar surface area (TPSA) is 56.9 Å². The van der Waals surface area contributed by atoms with Crippen molar-refractivity contribution >= 4 is 11.6 Å². The molecule has 0 atom stereocenters. The number of halogens is 1. The molecule has 0 unspecified atom stereocenters. The van der Waals surface area contributed by atoms with Gasteiger partial charge in [0.05, 0.1) is 24.5 Å². The summed E-state index contributed by atoms with van der Waals surface area (Å²) in [5, 5.41) is 12.9. The van der Waals surface area contributed by atoms with Crippen molar-refractivity contribution in [1.29, 1.82) is 0 Å². The first-order chi connectivity index (χ1) is 10.0. The number of nitrogens with zero attached hydrogens (tertiary/aromatic N) is 4. The summed E-state index contributed by atoms with van der Waals surface area (Å²) in [5.74, 6) is 0. The van der Waals surface area contributed by atoms with Crippen molar-refractivity contribution in [1.82, 2.24) is 24.9 Å². The van der Waals surface area contributed by atoms with Crippen LogP contribution >= 0.6 is 11.6 Å². The van der Waals surface area contributed by atoms with Gasteiger partial charge in [-0.1, -0.05) is 11.6 Å². The molecular formula is C14H22ClN5O. The monoisotopic (exact) mass is 311 g/mol. The Labute approximate surface area is 130 Å². The lowest BCUT2D eigenvalue weighted by atomic mass is 10.2. The Balaban J connectivity index is 2.04. The molecule has 0 amide bonds. The van der Waals surface area contributed by atoms with Gasteiger partial charge in [0, 0.05) is 44.6 Å². The second-order valence-electron chi connectivity index (χ2n) is 5.09. The van der Waals surface area contributed by atoms with Gasteiger partial charge in [0.25, 0.3) is 0 Å². The van der Waals surface area contributed by atoms with Crippen LogP contribution in [0.4, 0.5) is 0 Å². The fraction of sp³-hybridized carbons (Fsp3) is 0.571. The Morgan fingerprint density at radius 2 is 2.05 bits per heavy atom. The van der Waals surface area contributed by atoms with E-state index in [-0.39, 0.29) is 0 Å². The van der Waals surface area contributed by atoms with Crippen molar-refractivity contribution in [3.8, 4) is 0 Å². The molecule has 0 fully saturated rings. The molecule has 6 nitrogen and oxygen atoms in total. The van der Waals surface area contributed by atoms with Crippen LogP contribution in [0.5, 0.6) is 0 Å². The first-order valence-electron chi connectivity index (χ1n) is 6.93. The molecule has 0 aliphatic heterocycles. The number of methoxy groups -OCH3 is 1. The van der Waals surface area contributed by atoms with Gasteiger partial charge in [0.1, 0.15) is 5.15 Å². The van der Waals surface area contributed by atoms with E-state index < -0.39 is 0 Å². The average molecular weight is 312 g/mol. The summed E-state index contributed by atoms with van der Waals surface area (Å²) in [6.45, 7) is 6.94. The maximum Gasteiger partial charge on any atom is 0.132 e. The molecule has 0 aliphatic carbocycles. The minimum atomic E-state index is 0.636. The molecule has 7 heteroatoms. The van der Waals surface area contributed by atoms with Gasteiger partial charge >= 0.3 is 0 Å². The second kappa shape index (κ2) is 7.06. The van der Waals surface area contributed by atoms with Crippen molar-refractivity contribution in [3.63, 3.8) is 0 Å². The fourth-order valence-corrected chi connectivity index (χ4v) is 2.46. The van der Waals surface area contributed by atoms with Gasteiger partial charge in [-0.2, -0.15) is 10.2 Å². The minimum Gasteiger partial charge on any atom is -0.383 e. The summed E-state index contributed by atoms with van der Waals surface area (Å²) in [5.41, 5.74) is 4.16. The molecule has 116 valence electrons. The maximum atomic E-state index is 6.26. The highest BCUT2D eigenvalue weighted by molar-refractivity contribution is 6.30. The number of rotatable bonds is 7. The largest absolute Gasteiger partial charge is 0.383 e. The van der Waals surface area contributed by atoms with Crippen molar-refractivity contribution in [2.24, 2.45) is 7.05 Å². The van der Waals surface area contributed by atoms with Crippen LogP contribution in [-0.4, -0.2) is 39.8 Å². The smallest absolute Gasteiger partial charge is 0.132 e. The molecular weight excluding hydrogens is 290 g/mol. The molecule has 21 heavy (non-hydrogen) atoms. The van der Waals surface area contributed by atoms with E-state index in [1.165, 1.54) is 5.56 Å². The fourth-order valence-electron chi connectivity index (χ4n) is 2.23. The van der Waals surface area contributed by atoms with Gasteiger partial charge in [0.15, 0.2) is 0 Å². The third kappa shape index (κ3) is 3.84. The first-order valence-corrected chi connectivity index (χ1v) is 7.31. The molecule has 0 radical (unpaired) electrons. The lowest BCUT2D eigenvalue weighted by Gasteiger charge is -2.02. The molecule has 1 N–H and O–H groups in total. The number of hydrogen-bond acceptors (Lipinski definition) is 4. The number of nitrogens with one attached hydrogen (secondary N) is 1. The van der Waals surface area contributed by atoms with E-state index in [2.05, 4.69) is 21.7 Å². The summed E-state index contributed by atoms with van der Waals surface area (Å²) in [4.78, 5) is 0. The lowest BCUT2D eigenvalue weighted by Crippen LogP contribution is -2.18. The Morgan fingerprint density at radius 3 is 2.67 bits per heavy atom. The summed E-state index contributed by atoms with van der Waals surface area (Å²) in [6.07, 6.45) is 2.05. The summed E-state index contributed by atoms with van der Waals surface area (Å²) in [6, 6.07) is 0. The quantitative estimate of drug-likeness (QED) is 0.790. The molecule has 0 spiro atoms. The van der Waals surface area contributed by atoms with E-state index in [0.29, 0.717) is 18.3 Å². The van der Waals surface area contributed by atoms with E-state index in [9.17, 15) is 0 Å². The van der Waals surface area contributed by atoms with Crippen molar-refractivity contribution in [2.75, 3.05) is 20.3 Å². The number of aryl methyl sites for hydroxylation is 3. The molecule has 0 bridgehead atoms. The van der Waals surface area contributed by atoms with Crippen molar-refractivity contribution in [2.45, 2.75) is 26.9 Å². The minimum absolute atomic E-state index is 0.636. The third-order valence-electron chi connectivity index (χ3n) is 3.44. The number of ether oxygens (including phenoxy) is 1. The molecule has 2 aromatic heterocycles. The zero-order chi connectivity index (χ0) is 15.4. The Morgan fingerprint density at radius 1 is 1.29 bits per heavy atom. The average Bonchev–Trinajstić information content (AvgIpc) is 2.90. The van der Waals surface area contributed by atoms with Crippen LogP contribution in [0.1, 0.15) is 22.5 Å². The lowest BCUT2D eigenvalue weighted by molar-refractivity contribution is 0.199. The van der Waals surface area contributed by atoms with E-state index in [1.54, 1.807) is 11.8 Å². The molecule has 2 heterocycles. The molecule has 0 saturated heterocycles. The van der Waals surface area contributed by atoms with Gasteiger partial charge in [-0.15, -0.1) is 0 Å². The highest BCUT2D eigenvalue weighted by Crippen LogP contribution is 2.20. The summed E-state index contributed by atoms with van der Waals surface area (Å²) < 4.78 is 8.62. The van der Waals surface area contributed by atoms with Crippen LogP contribution in [0.3, 0.4) is 0 Å². The number of aromatic nitrogens is 4. The Bertz CT molecular complexity index is 605. The van der Waals surface area contributed by atoms with Crippen LogP contribution in [0.25, 0.3) is 0 Å². The standard InChI is InChI=1S/C14H22ClN5O/c1-10-12(7-16-5-6-21-4)8-20(18-10)9-13-11(2)17-19(3)14(13)15/h8,16H,5-7,9H2,1-4H3. The van der Waals surface area contributed by atoms with Crippen LogP contribution in [0.2, 0.25) is 5.15 Å². The zero-order valence-electron chi connectivity index (χ0n) is 13.0. The van der Waals surface area contributed by atoms with E-state index >= 15 is 0 Å². The van der Waals surface area contributed by atoms with E-state index in [0.717, 1.165) is 30.0 Å². The van der Waals surface area contributed by atoms with Gasteiger partial charge in [-0.05, 0) is 13.8 Å². The Hall–Kier alpha value is -1.37. The molecule has 2 rings (SSSR count). The van der Waals surface area contributed by atoms with Crippen LogP contribution < -0.4 is 5.32 Å². The number of hydrogen-bond donors (Lipinski definition) is 1. The predicted octanol–water partition coefficient (Wildman–Crippen LogP) is 1.67. The zero-order valence-corrected chi connectivity index (χ0v) is 13.7.